The van der Waals surface area contributed by atoms with Gasteiger partial charge in [-0.15, -0.1) is 10.2 Å². The number of anilines is 2. The van der Waals surface area contributed by atoms with Gasteiger partial charge in [-0.3, -0.25) is 4.72 Å². The number of hydrogen-bond acceptors (Lipinski definition) is 9. The average Bonchev–Trinajstić information content (AvgIpc) is 3.26. The Morgan fingerprint density at radius 3 is 2.52 bits per heavy atom. The fraction of sp³-hybridized carbons (Fsp3) is 0.350. The van der Waals surface area contributed by atoms with Crippen LogP contribution in [0.4, 0.5) is 10.9 Å². The van der Waals surface area contributed by atoms with Gasteiger partial charge >= 0.3 is 0 Å². The van der Waals surface area contributed by atoms with E-state index in [0.29, 0.717) is 12.8 Å². The smallest absolute Gasteiger partial charge is 0.263 e. The summed E-state index contributed by atoms with van der Waals surface area (Å²) in [4.78, 5) is 13.5. The second kappa shape index (κ2) is 10.2. The maximum absolute atomic E-state index is 12.6. The summed E-state index contributed by atoms with van der Waals surface area (Å²) in [6, 6.07) is 8.59. The highest BCUT2D eigenvalue weighted by Gasteiger charge is 2.21. The molecule has 0 unspecified atom stereocenters. The van der Waals surface area contributed by atoms with E-state index >= 15 is 0 Å². The number of hydrogen-bond donors (Lipinski definition) is 1. The molecule has 0 bridgehead atoms. The number of sulfonamides is 1. The molecule has 1 aromatic carbocycles. The Morgan fingerprint density at radius 1 is 1.15 bits per heavy atom. The Bertz CT molecular complexity index is 1230. The van der Waals surface area contributed by atoms with Gasteiger partial charge in [0.15, 0.2) is 0 Å². The zero-order chi connectivity index (χ0) is 23.4. The summed E-state index contributed by atoms with van der Waals surface area (Å²) >= 11 is 12.8. The molecule has 3 aromatic rings. The quantitative estimate of drug-likeness (QED) is 0.369. The van der Waals surface area contributed by atoms with Crippen LogP contribution < -0.4 is 9.62 Å². The van der Waals surface area contributed by atoms with E-state index in [0.717, 1.165) is 47.6 Å². The Labute approximate surface area is 206 Å². The maximum atomic E-state index is 12.6. The highest BCUT2D eigenvalue weighted by atomic mass is 35.5. The standard InChI is InChI=1S/C20H22ClN7O2S3/c1-2-17-24-25-20(32-17)26-33(29,30)15-5-3-14(4-6-15)13-18(31)28-11-9-27(10-12-28)16-7-8-22-19(21)23-16/h3-8H,2,9-13H2,1H3,(H,25,26). The topological polar surface area (TPSA) is 104 Å². The van der Waals surface area contributed by atoms with Crippen LogP contribution >= 0.6 is 35.2 Å². The van der Waals surface area contributed by atoms with Crippen LogP contribution in [0.25, 0.3) is 0 Å². The van der Waals surface area contributed by atoms with Crippen LogP contribution in [0.1, 0.15) is 17.5 Å². The van der Waals surface area contributed by atoms with Crippen LogP contribution in [0.3, 0.4) is 0 Å². The van der Waals surface area contributed by atoms with Crippen molar-refractivity contribution in [1.82, 2.24) is 25.1 Å². The molecule has 3 heterocycles. The number of thiocarbonyl (C=S) groups is 1. The van der Waals surface area contributed by atoms with Crippen molar-refractivity contribution in [3.05, 3.63) is 52.4 Å². The van der Waals surface area contributed by atoms with Crippen molar-refractivity contribution in [3.63, 3.8) is 0 Å². The van der Waals surface area contributed by atoms with E-state index in [1.807, 2.05) is 13.0 Å². The minimum absolute atomic E-state index is 0.169. The number of rotatable bonds is 7. The largest absolute Gasteiger partial charge is 0.362 e. The van der Waals surface area contributed by atoms with Crippen LogP contribution in [-0.2, 0) is 22.9 Å². The molecule has 1 aliphatic heterocycles. The molecule has 9 nitrogen and oxygen atoms in total. The van der Waals surface area contributed by atoms with Gasteiger partial charge in [0.05, 0.1) is 9.88 Å². The van der Waals surface area contributed by atoms with Crippen LogP contribution in [0.2, 0.25) is 5.28 Å². The summed E-state index contributed by atoms with van der Waals surface area (Å²) in [6.07, 6.45) is 2.92. The predicted octanol–water partition coefficient (Wildman–Crippen LogP) is 3.04. The molecule has 0 radical (unpaired) electrons. The van der Waals surface area contributed by atoms with E-state index in [-0.39, 0.29) is 15.3 Å². The highest BCUT2D eigenvalue weighted by molar-refractivity contribution is 7.93. The van der Waals surface area contributed by atoms with Crippen LogP contribution in [0, 0.1) is 0 Å². The van der Waals surface area contributed by atoms with Gasteiger partial charge in [0.25, 0.3) is 10.0 Å². The van der Waals surface area contributed by atoms with Crippen LogP contribution in [0.15, 0.2) is 41.4 Å². The summed E-state index contributed by atoms with van der Waals surface area (Å²) in [5.41, 5.74) is 0.952. The fourth-order valence-electron chi connectivity index (χ4n) is 3.37. The van der Waals surface area contributed by atoms with Gasteiger partial charge in [-0.1, -0.05) is 42.6 Å². The van der Waals surface area contributed by atoms with Crippen molar-refractivity contribution in [2.24, 2.45) is 0 Å². The minimum atomic E-state index is -3.72. The van der Waals surface area contributed by atoms with Crippen LogP contribution in [-0.4, -0.2) is 64.7 Å². The van der Waals surface area contributed by atoms with Gasteiger partial charge < -0.3 is 9.80 Å². The number of nitrogens with one attached hydrogen (secondary N) is 1. The van der Waals surface area contributed by atoms with Crippen LogP contribution in [0.5, 0.6) is 0 Å². The Morgan fingerprint density at radius 2 is 1.88 bits per heavy atom. The van der Waals surface area contributed by atoms with Gasteiger partial charge in [0, 0.05) is 38.8 Å². The van der Waals surface area contributed by atoms with Gasteiger partial charge in [-0.05, 0) is 41.8 Å². The SMILES string of the molecule is CCc1nnc(NS(=O)(=O)c2ccc(CC(=S)N3CCN(c4ccnc(Cl)n4)CC3)cc2)s1. The van der Waals surface area contributed by atoms with E-state index in [9.17, 15) is 8.42 Å². The second-order valence-corrected chi connectivity index (χ2v) is 10.9. The molecule has 0 aliphatic carbocycles. The van der Waals surface area contributed by atoms with Gasteiger partial charge in [0.1, 0.15) is 10.8 Å². The summed E-state index contributed by atoms with van der Waals surface area (Å²) in [6.45, 7) is 5.05. The maximum Gasteiger partial charge on any atom is 0.263 e. The van der Waals surface area contributed by atoms with E-state index in [2.05, 4.69) is 34.7 Å². The second-order valence-electron chi connectivity index (χ2n) is 7.33. The lowest BCUT2D eigenvalue weighted by molar-refractivity contribution is 0.385. The molecule has 1 saturated heterocycles. The van der Waals surface area contributed by atoms with Gasteiger partial charge in [-0.2, -0.15) is 0 Å². The Balaban J connectivity index is 1.32. The molecule has 0 atom stereocenters. The van der Waals surface area contributed by atoms with Crippen molar-refractivity contribution in [1.29, 1.82) is 0 Å². The highest BCUT2D eigenvalue weighted by Crippen LogP contribution is 2.21. The lowest BCUT2D eigenvalue weighted by atomic mass is 10.1. The zero-order valence-corrected chi connectivity index (χ0v) is 21.0. The molecular weight excluding hydrogens is 502 g/mol. The number of aromatic nitrogens is 4. The third-order valence-corrected chi connectivity index (χ3v) is 8.20. The molecule has 33 heavy (non-hydrogen) atoms. The lowest BCUT2D eigenvalue weighted by Crippen LogP contribution is -2.49. The summed E-state index contributed by atoms with van der Waals surface area (Å²) in [5.74, 6) is 0.811. The first-order valence-corrected chi connectivity index (χ1v) is 13.4. The van der Waals surface area contributed by atoms with E-state index in [1.165, 1.54) is 11.3 Å². The number of halogens is 1. The third kappa shape index (κ3) is 5.94. The van der Waals surface area contributed by atoms with Crippen molar-refractivity contribution in [2.45, 2.75) is 24.7 Å². The number of piperazine rings is 1. The molecule has 0 amide bonds. The number of aryl methyl sites for hydroxylation is 1. The number of nitrogens with zero attached hydrogens (tertiary/aromatic N) is 6. The van der Waals surface area contributed by atoms with E-state index < -0.39 is 10.0 Å². The zero-order valence-electron chi connectivity index (χ0n) is 17.8. The molecule has 4 rings (SSSR count). The van der Waals surface area contributed by atoms with Gasteiger partial charge in [-0.25, -0.2) is 18.4 Å². The molecular formula is C20H22ClN7O2S3. The van der Waals surface area contributed by atoms with Crippen molar-refractivity contribution in [2.75, 3.05) is 35.8 Å². The molecule has 1 fully saturated rings. The number of benzene rings is 1. The minimum Gasteiger partial charge on any atom is -0.362 e. The van der Waals surface area contributed by atoms with E-state index in [4.69, 9.17) is 23.8 Å². The molecule has 13 heteroatoms. The summed E-state index contributed by atoms with van der Waals surface area (Å²) < 4.78 is 27.7. The fourth-order valence-corrected chi connectivity index (χ4v) is 5.77. The third-order valence-electron chi connectivity index (χ3n) is 5.15. The molecule has 174 valence electrons. The Hall–Kier alpha value is -2.41. The lowest BCUT2D eigenvalue weighted by Gasteiger charge is -2.36. The van der Waals surface area contributed by atoms with Crippen molar-refractivity contribution in [3.8, 4) is 0 Å². The first-order valence-electron chi connectivity index (χ1n) is 10.3. The van der Waals surface area contributed by atoms with Crippen molar-refractivity contribution >= 4 is 61.1 Å². The molecule has 1 N–H and O–H groups in total. The van der Waals surface area contributed by atoms with E-state index in [1.54, 1.807) is 30.5 Å². The summed E-state index contributed by atoms with van der Waals surface area (Å²) in [5, 5.41) is 9.09. The monoisotopic (exact) mass is 523 g/mol. The molecule has 0 spiro atoms. The molecule has 1 aliphatic rings. The molecule has 2 aromatic heterocycles. The molecule has 0 saturated carbocycles. The first kappa shape index (κ1) is 23.7. The Kier molecular flexibility index (Phi) is 7.37. The van der Waals surface area contributed by atoms with Crippen molar-refractivity contribution < 1.29 is 8.42 Å². The average molecular weight is 524 g/mol. The van der Waals surface area contributed by atoms with Gasteiger partial charge in [0.2, 0.25) is 10.4 Å². The predicted molar refractivity (Wildman–Crippen MR) is 134 cm³/mol. The summed E-state index contributed by atoms with van der Waals surface area (Å²) in [7, 11) is -3.72. The first-order chi connectivity index (χ1) is 15.8. The normalized spacial score (nSPS) is 14.4.